The number of likely N-dealkylation sites (N-methyl/N-ethyl adjacent to an activating group) is 2. The van der Waals surface area contributed by atoms with Gasteiger partial charge in [0, 0.05) is 38.1 Å². The van der Waals surface area contributed by atoms with Crippen molar-refractivity contribution < 1.29 is 88.3 Å². The summed E-state index contributed by atoms with van der Waals surface area (Å²) in [6.07, 6.45) is -8.19. The molecule has 0 spiro atoms. The van der Waals surface area contributed by atoms with Crippen LogP contribution >= 0.6 is 0 Å². The van der Waals surface area contributed by atoms with E-state index in [0.29, 0.717) is 13.0 Å². The number of carbonyl (C=O) groups is 1. The molecule has 0 aromatic rings. The van der Waals surface area contributed by atoms with E-state index >= 15 is 0 Å². The van der Waals surface area contributed by atoms with Crippen LogP contribution in [0.1, 0.15) is 94.9 Å². The van der Waals surface area contributed by atoms with Crippen LogP contribution in [0.4, 0.5) is 0 Å². The molecule has 0 aliphatic carbocycles. The summed E-state index contributed by atoms with van der Waals surface area (Å²) >= 11 is 0. The van der Waals surface area contributed by atoms with Crippen molar-refractivity contribution >= 4 is 5.97 Å². The van der Waals surface area contributed by atoms with Gasteiger partial charge in [-0.05, 0) is 94.8 Å². The quantitative estimate of drug-likeness (QED) is 0.156. The van der Waals surface area contributed by atoms with E-state index < -0.39 is 96.0 Å². The Morgan fingerprint density at radius 3 is 2.09 bits per heavy atom. The molecule has 0 bridgehead atoms. The number of nitrogens with zero attached hydrogens (tertiary/aromatic N) is 2. The van der Waals surface area contributed by atoms with E-state index in [1.165, 1.54) is 14.0 Å². The molecule has 0 radical (unpaired) electrons. The van der Waals surface area contributed by atoms with Crippen molar-refractivity contribution in [2.24, 2.45) is 17.8 Å². The van der Waals surface area contributed by atoms with E-state index in [0.717, 1.165) is 0 Å². The first-order valence-electron chi connectivity index (χ1n) is 19.1. The van der Waals surface area contributed by atoms with Crippen molar-refractivity contribution in [3.8, 4) is 0 Å². The number of hydrogen-bond acceptors (Lipinski definition) is 14. The van der Waals surface area contributed by atoms with Crippen molar-refractivity contribution in [2.75, 3.05) is 34.8 Å². The number of hydrogen-bond donors (Lipinski definition) is 5. The molecule has 3 fully saturated rings. The molecule has 0 unspecified atom stereocenters. The molecular formula is C38H72N2NaO12+. The third-order valence-corrected chi connectivity index (χ3v) is 12.2. The van der Waals surface area contributed by atoms with Gasteiger partial charge in [0.25, 0.3) is 0 Å². The van der Waals surface area contributed by atoms with Crippen LogP contribution in [0, 0.1) is 17.8 Å². The fourth-order valence-corrected chi connectivity index (χ4v) is 8.74. The summed E-state index contributed by atoms with van der Waals surface area (Å²) in [7, 11) is 7.12. The Hall–Kier alpha value is -0.0100. The molecule has 5 N–H and O–H groups in total. The summed E-state index contributed by atoms with van der Waals surface area (Å²) in [6.45, 7) is 18.0. The number of ether oxygens (including phenoxy) is 6. The summed E-state index contributed by atoms with van der Waals surface area (Å²) in [5.74, 6) is -2.58. The minimum Gasteiger partial charge on any atom is -0.459 e. The van der Waals surface area contributed by atoms with Crippen LogP contribution in [0.25, 0.3) is 0 Å². The van der Waals surface area contributed by atoms with Crippen LogP contribution in [0.2, 0.25) is 0 Å². The van der Waals surface area contributed by atoms with Gasteiger partial charge in [0.2, 0.25) is 0 Å². The monoisotopic (exact) mass is 771 g/mol. The Labute approximate surface area is 340 Å². The van der Waals surface area contributed by atoms with Gasteiger partial charge in [-0.2, -0.15) is 0 Å². The average molecular weight is 772 g/mol. The Morgan fingerprint density at radius 1 is 0.943 bits per heavy atom. The average Bonchev–Trinajstić information content (AvgIpc) is 3.05. The van der Waals surface area contributed by atoms with Crippen LogP contribution < -0.4 is 29.6 Å². The fraction of sp³-hybridized carbons (Fsp3) is 0.974. The van der Waals surface area contributed by atoms with Gasteiger partial charge in [0.1, 0.15) is 30.0 Å². The van der Waals surface area contributed by atoms with Gasteiger partial charge < -0.3 is 63.8 Å². The molecule has 15 heteroatoms. The first-order chi connectivity index (χ1) is 23.9. The summed E-state index contributed by atoms with van der Waals surface area (Å²) in [5, 5.41) is 58.1. The smallest absolute Gasteiger partial charge is 0.459 e. The number of aliphatic hydroxyl groups is 5. The third-order valence-electron chi connectivity index (χ3n) is 12.2. The number of cyclic esters (lactones) is 1. The minimum absolute atomic E-state index is 0. The minimum atomic E-state index is -1.80. The van der Waals surface area contributed by atoms with Crippen molar-refractivity contribution in [3.63, 3.8) is 0 Å². The maximum Gasteiger partial charge on any atom is 1.00 e. The normalized spacial score (nSPS) is 48.7. The van der Waals surface area contributed by atoms with Crippen LogP contribution in [0.3, 0.4) is 0 Å². The summed E-state index contributed by atoms with van der Waals surface area (Å²) in [4.78, 5) is 18.0. The Bertz CT molecular complexity index is 1150. The van der Waals surface area contributed by atoms with Gasteiger partial charge in [0.05, 0.1) is 41.5 Å². The molecule has 18 atom stereocenters. The molecule has 3 rings (SSSR count). The second-order valence-corrected chi connectivity index (χ2v) is 17.2. The van der Waals surface area contributed by atoms with Crippen LogP contribution in [0.15, 0.2) is 0 Å². The summed E-state index contributed by atoms with van der Waals surface area (Å²) < 4.78 is 37.5. The largest absolute Gasteiger partial charge is 1.00 e. The van der Waals surface area contributed by atoms with Crippen molar-refractivity contribution in [3.05, 3.63) is 0 Å². The van der Waals surface area contributed by atoms with Crippen LogP contribution in [-0.4, -0.2) is 166 Å². The number of aliphatic hydroxyl groups excluding tert-OH is 3. The summed E-state index contributed by atoms with van der Waals surface area (Å²) in [6, 6.07) is -0.808. The van der Waals surface area contributed by atoms with Crippen LogP contribution in [0.5, 0.6) is 0 Å². The zero-order valence-corrected chi connectivity index (χ0v) is 37.2. The van der Waals surface area contributed by atoms with Gasteiger partial charge in [-0.3, -0.25) is 4.79 Å². The first kappa shape index (κ1) is 49.1. The molecule has 0 amide bonds. The van der Waals surface area contributed by atoms with E-state index in [2.05, 4.69) is 0 Å². The standard InChI is InChI=1S/C38H72N2O12.Na/c1-15-27-38(10,46)31(42)24(6)40(13)19-20(2)17-36(8,45)33(52-35-29(41)26(39(11)12)16-21(3)48-35)22(4)30(23(5)34(44)50-27)51-28-18-37(9,47-14)32(43)25(7)49-28;/h20-33,35,41-43,45-46H,15-19H2,1-14H3;/q;+1/t20-,21-,22+,23-,24-,25+,26+,27-,28+,29-,30+,31-,32+,33-,35+,36-,37-,38-;/m1./s1. The zero-order valence-electron chi connectivity index (χ0n) is 35.2. The van der Waals surface area contributed by atoms with Crippen LogP contribution in [-0.2, 0) is 33.2 Å². The molecule has 306 valence electrons. The second kappa shape index (κ2) is 19.6. The molecule has 3 saturated heterocycles. The predicted molar refractivity (Wildman–Crippen MR) is 194 cm³/mol. The maximum atomic E-state index is 14.2. The Balaban J connectivity index is 0.00000972. The number of esters is 1. The molecule has 3 aliphatic heterocycles. The number of methoxy groups -OCH3 is 1. The maximum absolute atomic E-state index is 14.2. The Morgan fingerprint density at radius 2 is 1.55 bits per heavy atom. The molecule has 14 nitrogen and oxygen atoms in total. The zero-order chi connectivity index (χ0) is 39.7. The molecule has 3 aliphatic rings. The number of carbonyl (C=O) groups excluding carboxylic acids is 1. The van der Waals surface area contributed by atoms with Gasteiger partial charge in [-0.15, -0.1) is 0 Å². The fourth-order valence-electron chi connectivity index (χ4n) is 8.74. The molecule has 53 heavy (non-hydrogen) atoms. The summed E-state index contributed by atoms with van der Waals surface area (Å²) in [5.41, 5.74) is -4.37. The topological polar surface area (TPSA) is 180 Å². The van der Waals surface area contributed by atoms with Crippen molar-refractivity contribution in [2.45, 2.75) is 185 Å². The first-order valence-corrected chi connectivity index (χ1v) is 19.1. The molecule has 0 aromatic heterocycles. The van der Waals surface area contributed by atoms with E-state index in [1.54, 1.807) is 41.5 Å². The van der Waals surface area contributed by atoms with E-state index in [-0.39, 0.29) is 66.9 Å². The van der Waals surface area contributed by atoms with E-state index in [4.69, 9.17) is 28.4 Å². The third kappa shape index (κ3) is 11.4. The van der Waals surface area contributed by atoms with Crippen molar-refractivity contribution in [1.29, 1.82) is 0 Å². The molecule has 0 saturated carbocycles. The van der Waals surface area contributed by atoms with Crippen molar-refractivity contribution in [1.82, 2.24) is 9.80 Å². The van der Waals surface area contributed by atoms with Gasteiger partial charge >= 0.3 is 35.5 Å². The molecule has 3 heterocycles. The SMILES string of the molecule is CC[C@H]1OC(=O)[C@H](C)[C@@H](O[C@H]2C[C@@](C)(OC)[C@@H](O)[C@H](C)O2)[C@H](C)[C@@H](O[C@@H]2O[C@H](C)C[C@H](N(C)C)[C@H]2O)[C@](C)(O)C[C@@H](C)CN(C)[C@H](C)[C@@H](O)[C@]1(C)O.[Na+]. The van der Waals surface area contributed by atoms with E-state index in [9.17, 15) is 30.3 Å². The predicted octanol–water partition coefficient (Wildman–Crippen LogP) is -1.10. The van der Waals surface area contributed by atoms with Gasteiger partial charge in [0.15, 0.2) is 12.6 Å². The second-order valence-electron chi connectivity index (χ2n) is 17.2. The van der Waals surface area contributed by atoms with Gasteiger partial charge in [-0.1, -0.05) is 20.8 Å². The van der Waals surface area contributed by atoms with Gasteiger partial charge in [-0.25, -0.2) is 0 Å². The molecular weight excluding hydrogens is 699 g/mol. The molecule has 0 aromatic carbocycles. The Kier molecular flexibility index (Phi) is 18.2. The number of rotatable bonds is 7. The van der Waals surface area contributed by atoms with E-state index in [1.807, 2.05) is 51.7 Å².